The third-order valence-corrected chi connectivity index (χ3v) is 6.68. The Morgan fingerprint density at radius 2 is 0.853 bits per heavy atom. The van der Waals surface area contributed by atoms with Crippen LogP contribution in [0.3, 0.4) is 0 Å². The fourth-order valence-electron chi connectivity index (χ4n) is 5.25. The smallest absolute Gasteiger partial charge is 0.323 e. The van der Waals surface area contributed by atoms with Crippen molar-refractivity contribution in [3.05, 3.63) is 70.8 Å². The highest BCUT2D eigenvalue weighted by Crippen LogP contribution is 2.55. The zero-order valence-electron chi connectivity index (χ0n) is 18.4. The summed E-state index contributed by atoms with van der Waals surface area (Å²) in [6.45, 7) is 3.65. The molecule has 4 N–H and O–H groups in total. The van der Waals surface area contributed by atoms with E-state index in [0.717, 1.165) is 21.1 Å². The Labute approximate surface area is 194 Å². The van der Waals surface area contributed by atoms with E-state index in [1.807, 2.05) is 13.8 Å². The maximum atomic E-state index is 12.4. The number of carboxylic acids is 4. The van der Waals surface area contributed by atoms with Crippen LogP contribution >= 0.6 is 0 Å². The van der Waals surface area contributed by atoms with Gasteiger partial charge in [0.25, 0.3) is 0 Å². The molecule has 2 aromatic rings. The highest BCUT2D eigenvalue weighted by atomic mass is 16.4. The molecule has 2 fully saturated rings. The fourth-order valence-corrected chi connectivity index (χ4v) is 5.25. The van der Waals surface area contributed by atoms with Gasteiger partial charge in [-0.2, -0.15) is 0 Å². The molecule has 2 aromatic carbocycles. The number of hydrogen-bond donors (Lipinski definition) is 4. The monoisotopic (exact) mass is 468 g/mol. The minimum absolute atomic E-state index is 0.395. The Morgan fingerprint density at radius 3 is 1.09 bits per heavy atom. The molecule has 10 nitrogen and oxygen atoms in total. The first-order chi connectivity index (χ1) is 16.0. The number of benzene rings is 2. The van der Waals surface area contributed by atoms with Crippen LogP contribution in [-0.4, -0.2) is 66.4 Å². The normalized spacial score (nSPS) is 29.0. The zero-order valence-corrected chi connectivity index (χ0v) is 18.4. The van der Waals surface area contributed by atoms with Crippen LogP contribution < -0.4 is 0 Å². The van der Waals surface area contributed by atoms with Gasteiger partial charge in [-0.1, -0.05) is 59.7 Å². The maximum Gasteiger partial charge on any atom is 0.323 e. The molecule has 2 heterocycles. The number of hydrazine groups is 1. The van der Waals surface area contributed by atoms with Gasteiger partial charge in [0.15, 0.2) is 0 Å². The summed E-state index contributed by atoms with van der Waals surface area (Å²) in [7, 11) is 0. The van der Waals surface area contributed by atoms with E-state index in [4.69, 9.17) is 0 Å². The Balaban J connectivity index is 2.00. The lowest BCUT2D eigenvalue weighted by atomic mass is 9.82. The van der Waals surface area contributed by atoms with Crippen molar-refractivity contribution in [3.8, 4) is 0 Å². The summed E-state index contributed by atoms with van der Waals surface area (Å²) in [4.78, 5) is 49.7. The zero-order chi connectivity index (χ0) is 24.9. The molecule has 2 aliphatic rings. The van der Waals surface area contributed by atoms with Crippen molar-refractivity contribution in [2.45, 2.75) is 38.0 Å². The van der Waals surface area contributed by atoms with Gasteiger partial charge >= 0.3 is 23.9 Å². The largest absolute Gasteiger partial charge is 0.481 e. The van der Waals surface area contributed by atoms with Gasteiger partial charge in [0.2, 0.25) is 0 Å². The van der Waals surface area contributed by atoms with Crippen LogP contribution in [0, 0.1) is 25.7 Å². The van der Waals surface area contributed by atoms with Crippen molar-refractivity contribution < 1.29 is 39.6 Å². The van der Waals surface area contributed by atoms with E-state index < -0.39 is 59.9 Å². The number of rotatable bonds is 6. The molecule has 178 valence electrons. The second-order valence-corrected chi connectivity index (χ2v) is 8.77. The maximum absolute atomic E-state index is 12.4. The van der Waals surface area contributed by atoms with Gasteiger partial charge in [0.1, 0.15) is 23.9 Å². The van der Waals surface area contributed by atoms with E-state index in [1.165, 1.54) is 0 Å². The van der Waals surface area contributed by atoms with E-state index in [2.05, 4.69) is 0 Å². The second-order valence-electron chi connectivity index (χ2n) is 8.77. The summed E-state index contributed by atoms with van der Waals surface area (Å²) in [5, 5.41) is 42.7. The Kier molecular flexibility index (Phi) is 5.88. The van der Waals surface area contributed by atoms with Crippen LogP contribution in [0.25, 0.3) is 0 Å². The van der Waals surface area contributed by atoms with E-state index in [-0.39, 0.29) is 0 Å². The lowest BCUT2D eigenvalue weighted by molar-refractivity contribution is -0.156. The molecular weight excluding hydrogens is 444 g/mol. The summed E-state index contributed by atoms with van der Waals surface area (Å²) >= 11 is 0. The number of fused-ring (bicyclic) bond motifs is 1. The molecule has 10 heteroatoms. The minimum atomic E-state index is -1.68. The van der Waals surface area contributed by atoms with Gasteiger partial charge in [-0.05, 0) is 25.0 Å². The van der Waals surface area contributed by atoms with Gasteiger partial charge in [0, 0.05) is 0 Å². The number of nitrogens with zero attached hydrogens (tertiary/aromatic N) is 2. The van der Waals surface area contributed by atoms with Gasteiger partial charge in [0.05, 0.1) is 12.1 Å². The molecule has 0 unspecified atom stereocenters. The SMILES string of the molecule is Cc1ccc([C@@H]2[C@H](C(=O)O)[C@H](C(=O)O)N3[C@H](c4ccc(C)cc4)[C@@H](C(=O)O)[C@H](C(=O)O)N23)cc1. The Bertz CT molecular complexity index is 1060. The summed E-state index contributed by atoms with van der Waals surface area (Å²) in [6.07, 6.45) is 0. The average molecular weight is 468 g/mol. The van der Waals surface area contributed by atoms with E-state index in [0.29, 0.717) is 11.1 Å². The van der Waals surface area contributed by atoms with Crippen LogP contribution in [0.4, 0.5) is 0 Å². The molecule has 0 amide bonds. The molecule has 2 saturated heterocycles. The van der Waals surface area contributed by atoms with Crippen LogP contribution in [0.15, 0.2) is 48.5 Å². The molecule has 0 aromatic heterocycles. The van der Waals surface area contributed by atoms with Crippen LogP contribution in [-0.2, 0) is 19.2 Å². The number of aryl methyl sites for hydroxylation is 2. The lowest BCUT2D eigenvalue weighted by Crippen LogP contribution is -2.46. The summed E-state index contributed by atoms with van der Waals surface area (Å²) in [6, 6.07) is 7.57. The van der Waals surface area contributed by atoms with Crippen molar-refractivity contribution in [2.24, 2.45) is 11.8 Å². The summed E-state index contributed by atoms with van der Waals surface area (Å²) < 4.78 is 0. The van der Waals surface area contributed by atoms with E-state index >= 15 is 0 Å². The van der Waals surface area contributed by atoms with Gasteiger partial charge in [-0.3, -0.25) is 19.2 Å². The van der Waals surface area contributed by atoms with Crippen molar-refractivity contribution in [1.29, 1.82) is 0 Å². The molecule has 6 atom stereocenters. The molecule has 0 spiro atoms. The number of hydrogen-bond acceptors (Lipinski definition) is 6. The molecule has 34 heavy (non-hydrogen) atoms. The minimum Gasteiger partial charge on any atom is -0.481 e. The summed E-state index contributed by atoms with van der Waals surface area (Å²) in [5.41, 5.74) is 2.54. The van der Waals surface area contributed by atoms with Gasteiger partial charge in [-0.25, -0.2) is 10.0 Å². The molecule has 0 saturated carbocycles. The molecular formula is C24H24N2O8. The highest BCUT2D eigenvalue weighted by Gasteiger charge is 2.68. The second kappa shape index (κ2) is 8.54. The standard InChI is InChI=1S/C24H24N2O8/c1-11-3-7-13(8-4-11)17-15(21(27)28)19(23(31)32)26-18(14-9-5-12(2)6-10-14)16(22(29)30)20(24(33)34)25(17)26/h3-10,15-20H,1-2H3,(H,27,28)(H,29,30)(H,31,32)(H,33,34)/t15-,16+,17-,18-,19-,20-/m1/s1. The molecule has 0 bridgehead atoms. The quantitative estimate of drug-likeness (QED) is 0.494. The predicted octanol–water partition coefficient (Wildman–Crippen LogP) is 1.94. The Morgan fingerprint density at radius 1 is 0.559 bits per heavy atom. The average Bonchev–Trinajstić information content (AvgIpc) is 3.28. The Hall–Kier alpha value is -3.76. The first-order valence-electron chi connectivity index (χ1n) is 10.7. The number of carboxylic acid groups (broad SMARTS) is 4. The van der Waals surface area contributed by atoms with Crippen molar-refractivity contribution in [2.75, 3.05) is 0 Å². The molecule has 0 aliphatic carbocycles. The first kappa shape index (κ1) is 23.4. The first-order valence-corrected chi connectivity index (χ1v) is 10.7. The van der Waals surface area contributed by atoms with Crippen LogP contribution in [0.1, 0.15) is 34.3 Å². The molecule has 0 radical (unpaired) electrons. The van der Waals surface area contributed by atoms with Crippen molar-refractivity contribution in [3.63, 3.8) is 0 Å². The topological polar surface area (TPSA) is 156 Å². The van der Waals surface area contributed by atoms with Crippen molar-refractivity contribution in [1.82, 2.24) is 10.0 Å². The summed E-state index contributed by atoms with van der Waals surface area (Å²) in [5.74, 6) is -8.84. The molecule has 4 rings (SSSR count). The predicted molar refractivity (Wildman–Crippen MR) is 117 cm³/mol. The van der Waals surface area contributed by atoms with Crippen LogP contribution in [0.5, 0.6) is 0 Å². The van der Waals surface area contributed by atoms with Crippen LogP contribution in [0.2, 0.25) is 0 Å². The number of aliphatic carboxylic acids is 4. The third-order valence-electron chi connectivity index (χ3n) is 6.68. The van der Waals surface area contributed by atoms with Gasteiger partial charge in [-0.15, -0.1) is 0 Å². The number of carbonyl (C=O) groups is 4. The van der Waals surface area contributed by atoms with E-state index in [9.17, 15) is 39.6 Å². The van der Waals surface area contributed by atoms with Gasteiger partial charge < -0.3 is 20.4 Å². The van der Waals surface area contributed by atoms with E-state index in [1.54, 1.807) is 48.5 Å². The fraction of sp³-hybridized carbons (Fsp3) is 0.333. The third kappa shape index (κ3) is 3.61. The lowest BCUT2D eigenvalue weighted by Gasteiger charge is -2.32. The van der Waals surface area contributed by atoms with Crippen molar-refractivity contribution >= 4 is 23.9 Å². The molecule has 2 aliphatic heterocycles. The highest BCUT2D eigenvalue weighted by molar-refractivity contribution is 5.88.